The Morgan fingerprint density at radius 2 is 1.88 bits per heavy atom. The first-order valence-electron chi connectivity index (χ1n) is 7.55. The summed E-state index contributed by atoms with van der Waals surface area (Å²) in [6.45, 7) is 2.56. The predicted octanol–water partition coefficient (Wildman–Crippen LogP) is 3.22. The van der Waals surface area contributed by atoms with Gasteiger partial charge in [-0.15, -0.1) is 12.4 Å². The number of anilines is 1. The Kier molecular flexibility index (Phi) is 8.34. The van der Waals surface area contributed by atoms with E-state index in [1.54, 1.807) is 18.2 Å². The Labute approximate surface area is 152 Å². The highest BCUT2D eigenvalue weighted by molar-refractivity contribution is 5.95. The molecule has 1 unspecified atom stereocenters. The number of nitrogens with one attached hydrogen (secondary N) is 1. The van der Waals surface area contributed by atoms with E-state index in [9.17, 15) is 9.18 Å². The van der Waals surface area contributed by atoms with Crippen molar-refractivity contribution in [3.05, 3.63) is 59.4 Å². The summed E-state index contributed by atoms with van der Waals surface area (Å²) < 4.78 is 24.0. The smallest absolute Gasteiger partial charge is 0.245 e. The number of methoxy groups -OCH3 is 1. The monoisotopic (exact) mass is 368 g/mol. The van der Waals surface area contributed by atoms with Gasteiger partial charge in [-0.05, 0) is 24.6 Å². The van der Waals surface area contributed by atoms with Crippen LogP contribution in [0.4, 0.5) is 10.1 Å². The maximum Gasteiger partial charge on any atom is 0.245 e. The zero-order valence-corrected chi connectivity index (χ0v) is 14.9. The number of rotatable bonds is 7. The van der Waals surface area contributed by atoms with E-state index in [1.807, 2.05) is 19.1 Å². The van der Waals surface area contributed by atoms with Gasteiger partial charge in [-0.3, -0.25) is 4.79 Å². The fourth-order valence-electron chi connectivity index (χ4n) is 2.08. The molecule has 5 nitrogen and oxygen atoms in total. The van der Waals surface area contributed by atoms with E-state index in [0.29, 0.717) is 17.9 Å². The van der Waals surface area contributed by atoms with Gasteiger partial charge in [-0.25, -0.2) is 4.39 Å². The summed E-state index contributed by atoms with van der Waals surface area (Å²) in [4.78, 5) is 12.2. The predicted molar refractivity (Wildman–Crippen MR) is 97.8 cm³/mol. The molecule has 0 aromatic heterocycles. The summed E-state index contributed by atoms with van der Waals surface area (Å²) in [5, 5.41) is 2.61. The van der Waals surface area contributed by atoms with Gasteiger partial charge < -0.3 is 20.5 Å². The van der Waals surface area contributed by atoms with E-state index >= 15 is 0 Å². The minimum absolute atomic E-state index is 0. The number of nitrogens with two attached hydrogens (primary N) is 1. The molecule has 1 atom stereocenters. The molecule has 0 saturated heterocycles. The number of carbonyl (C=O) groups excluding carboxylic acids is 1. The van der Waals surface area contributed by atoms with E-state index in [1.165, 1.54) is 19.2 Å². The Balaban J connectivity index is 0.00000312. The fourth-order valence-corrected chi connectivity index (χ4v) is 2.08. The number of hydrogen-bond acceptors (Lipinski definition) is 4. The highest BCUT2D eigenvalue weighted by atomic mass is 35.5. The number of benzene rings is 2. The Bertz CT molecular complexity index is 695. The van der Waals surface area contributed by atoms with Crippen LogP contribution in [-0.4, -0.2) is 26.2 Å². The number of ether oxygens (including phenoxy) is 2. The van der Waals surface area contributed by atoms with Crippen molar-refractivity contribution in [2.75, 3.05) is 25.6 Å². The zero-order valence-electron chi connectivity index (χ0n) is 14.1. The largest absolute Gasteiger partial charge is 0.488 e. The van der Waals surface area contributed by atoms with Gasteiger partial charge >= 0.3 is 0 Å². The molecule has 2 rings (SSSR count). The number of amides is 1. The first-order valence-corrected chi connectivity index (χ1v) is 7.55. The van der Waals surface area contributed by atoms with E-state index in [2.05, 4.69) is 5.32 Å². The van der Waals surface area contributed by atoms with Crippen LogP contribution in [0.2, 0.25) is 0 Å². The molecule has 0 aliphatic carbocycles. The van der Waals surface area contributed by atoms with Crippen molar-refractivity contribution in [2.24, 2.45) is 5.73 Å². The quantitative estimate of drug-likeness (QED) is 0.736. The van der Waals surface area contributed by atoms with Gasteiger partial charge in [-0.1, -0.05) is 29.8 Å². The lowest BCUT2D eigenvalue weighted by atomic mass is 10.1. The molecule has 7 heteroatoms. The van der Waals surface area contributed by atoms with Gasteiger partial charge in [0.2, 0.25) is 5.91 Å². The van der Waals surface area contributed by atoms with E-state index in [-0.39, 0.29) is 24.8 Å². The van der Waals surface area contributed by atoms with Crippen LogP contribution in [0.25, 0.3) is 0 Å². The summed E-state index contributed by atoms with van der Waals surface area (Å²) >= 11 is 0. The molecule has 0 aliphatic heterocycles. The van der Waals surface area contributed by atoms with Crippen molar-refractivity contribution in [3.8, 4) is 5.75 Å². The molecular formula is C18H22ClFN2O3. The van der Waals surface area contributed by atoms with Crippen molar-refractivity contribution in [2.45, 2.75) is 13.0 Å². The first kappa shape index (κ1) is 20.9. The van der Waals surface area contributed by atoms with Crippen LogP contribution in [-0.2, 0) is 9.53 Å². The minimum Gasteiger partial charge on any atom is -0.488 e. The maximum atomic E-state index is 13.9. The Morgan fingerprint density at radius 3 is 2.48 bits per heavy atom. The third-order valence-electron chi connectivity index (χ3n) is 3.46. The molecular weight excluding hydrogens is 347 g/mol. The van der Waals surface area contributed by atoms with Gasteiger partial charge in [0.15, 0.2) is 11.6 Å². The van der Waals surface area contributed by atoms with Gasteiger partial charge in [0.1, 0.15) is 12.6 Å². The normalized spacial score (nSPS) is 11.4. The van der Waals surface area contributed by atoms with E-state index < -0.39 is 17.8 Å². The van der Waals surface area contributed by atoms with Crippen molar-refractivity contribution in [1.82, 2.24) is 0 Å². The van der Waals surface area contributed by atoms with E-state index in [0.717, 1.165) is 5.56 Å². The third-order valence-corrected chi connectivity index (χ3v) is 3.46. The minimum atomic E-state index is -0.828. The Hall–Kier alpha value is -2.15. The second kappa shape index (κ2) is 9.98. The number of halogens is 2. The van der Waals surface area contributed by atoms with Crippen LogP contribution in [0.15, 0.2) is 42.5 Å². The molecule has 3 N–H and O–H groups in total. The van der Waals surface area contributed by atoms with Crippen molar-refractivity contribution < 1.29 is 18.7 Å². The average molecular weight is 369 g/mol. The van der Waals surface area contributed by atoms with Gasteiger partial charge in [-0.2, -0.15) is 0 Å². The summed E-state index contributed by atoms with van der Waals surface area (Å²) in [5.41, 5.74) is 8.03. The van der Waals surface area contributed by atoms with Crippen LogP contribution < -0.4 is 15.8 Å². The lowest BCUT2D eigenvalue weighted by Crippen LogP contribution is -2.27. The standard InChI is InChI=1S/C18H21FN2O3.ClH/c1-12-3-5-13(6-4-12)17(20)18(22)21-14-7-8-16(15(19)11-14)24-10-9-23-2;/h3-8,11,17H,9-10,20H2,1-2H3,(H,21,22);1H. The molecule has 2 aromatic carbocycles. The van der Waals surface area contributed by atoms with Gasteiger partial charge in [0.25, 0.3) is 0 Å². The highest BCUT2D eigenvalue weighted by Crippen LogP contribution is 2.22. The third kappa shape index (κ3) is 6.01. The van der Waals surface area contributed by atoms with Crippen LogP contribution in [0.1, 0.15) is 17.2 Å². The molecule has 0 radical (unpaired) electrons. The number of aryl methyl sites for hydroxylation is 1. The molecule has 0 heterocycles. The van der Waals surface area contributed by atoms with Crippen molar-refractivity contribution in [1.29, 1.82) is 0 Å². The molecule has 136 valence electrons. The summed E-state index contributed by atoms with van der Waals surface area (Å²) in [6, 6.07) is 10.7. The number of hydrogen-bond donors (Lipinski definition) is 2. The Morgan fingerprint density at radius 1 is 1.20 bits per heavy atom. The van der Waals surface area contributed by atoms with Crippen LogP contribution in [0, 0.1) is 12.7 Å². The van der Waals surface area contributed by atoms with Gasteiger partial charge in [0, 0.05) is 18.9 Å². The molecule has 1 amide bonds. The second-order valence-corrected chi connectivity index (χ2v) is 5.36. The summed E-state index contributed by atoms with van der Waals surface area (Å²) in [6.07, 6.45) is 0. The summed E-state index contributed by atoms with van der Waals surface area (Å²) in [7, 11) is 1.54. The van der Waals surface area contributed by atoms with Crippen molar-refractivity contribution in [3.63, 3.8) is 0 Å². The molecule has 2 aromatic rings. The summed E-state index contributed by atoms with van der Waals surface area (Å²) in [5.74, 6) is -0.869. The molecule has 0 fully saturated rings. The molecule has 0 bridgehead atoms. The molecule has 0 saturated carbocycles. The zero-order chi connectivity index (χ0) is 17.5. The lowest BCUT2D eigenvalue weighted by Gasteiger charge is -2.14. The SMILES string of the molecule is COCCOc1ccc(NC(=O)C(N)c2ccc(C)cc2)cc1F.Cl. The van der Waals surface area contributed by atoms with Crippen LogP contribution >= 0.6 is 12.4 Å². The van der Waals surface area contributed by atoms with Gasteiger partial charge in [0.05, 0.1) is 6.61 Å². The fraction of sp³-hybridized carbons (Fsp3) is 0.278. The molecule has 0 spiro atoms. The molecule has 25 heavy (non-hydrogen) atoms. The topological polar surface area (TPSA) is 73.6 Å². The molecule has 0 aliphatic rings. The second-order valence-electron chi connectivity index (χ2n) is 5.36. The average Bonchev–Trinajstić information content (AvgIpc) is 2.57. The first-order chi connectivity index (χ1) is 11.5. The van der Waals surface area contributed by atoms with E-state index in [4.69, 9.17) is 15.2 Å². The van der Waals surface area contributed by atoms with Crippen molar-refractivity contribution >= 4 is 24.0 Å². The van der Waals surface area contributed by atoms with Crippen LogP contribution in [0.3, 0.4) is 0 Å². The maximum absolute atomic E-state index is 13.9. The number of carbonyl (C=O) groups is 1. The lowest BCUT2D eigenvalue weighted by molar-refractivity contribution is -0.117. The van der Waals surface area contributed by atoms with Crippen LogP contribution in [0.5, 0.6) is 5.75 Å². The highest BCUT2D eigenvalue weighted by Gasteiger charge is 2.16.